The van der Waals surface area contributed by atoms with Crippen LogP contribution < -0.4 is 5.32 Å². The number of aromatic nitrogens is 2. The maximum absolute atomic E-state index is 13.5. The fraction of sp³-hybridized carbons (Fsp3) is 0.385. The third-order valence-electron chi connectivity index (χ3n) is 3.02. The largest absolute Gasteiger partial charge is 0.306 e. The molecule has 1 N–H and O–H groups in total. The molecule has 100 valence electrons. The summed E-state index contributed by atoms with van der Waals surface area (Å²) in [6.45, 7) is 1.08. The number of rotatable bonds is 5. The van der Waals surface area contributed by atoms with E-state index in [0.717, 1.165) is 10.0 Å². The van der Waals surface area contributed by atoms with Crippen molar-refractivity contribution in [2.75, 3.05) is 0 Å². The lowest BCUT2D eigenvalue weighted by Gasteiger charge is -2.04. The minimum Gasteiger partial charge on any atom is -0.306 e. The summed E-state index contributed by atoms with van der Waals surface area (Å²) in [5.74, 6) is 0.357. The van der Waals surface area contributed by atoms with Crippen LogP contribution in [0.2, 0.25) is 5.02 Å². The number of benzene rings is 1. The zero-order chi connectivity index (χ0) is 13.2. The molecular formula is C13H13ClFN3S. The Kier molecular flexibility index (Phi) is 3.77. The SMILES string of the molecule is Fc1cc(Cl)ccc1CNCc1nnc(C2CC2)s1. The van der Waals surface area contributed by atoms with Crippen LogP contribution in [0.5, 0.6) is 0 Å². The second-order valence-corrected chi connectivity index (χ2v) is 6.18. The number of hydrogen-bond acceptors (Lipinski definition) is 4. The minimum absolute atomic E-state index is 0.282. The lowest BCUT2D eigenvalue weighted by molar-refractivity contribution is 0.587. The second-order valence-electron chi connectivity index (χ2n) is 4.65. The standard InChI is InChI=1S/C13H13ClFN3S/c14-10-4-3-9(11(15)5-10)6-16-7-12-17-18-13(19-12)8-1-2-8/h3-5,8,16H,1-2,6-7H2. The molecule has 0 spiro atoms. The van der Waals surface area contributed by atoms with Crippen molar-refractivity contribution < 1.29 is 4.39 Å². The van der Waals surface area contributed by atoms with E-state index < -0.39 is 0 Å². The van der Waals surface area contributed by atoms with Gasteiger partial charge in [0.15, 0.2) is 0 Å². The van der Waals surface area contributed by atoms with E-state index in [-0.39, 0.29) is 5.82 Å². The van der Waals surface area contributed by atoms with Crippen molar-refractivity contribution in [1.29, 1.82) is 0 Å². The number of hydrogen-bond donors (Lipinski definition) is 1. The maximum atomic E-state index is 13.5. The summed E-state index contributed by atoms with van der Waals surface area (Å²) in [5.41, 5.74) is 0.608. The van der Waals surface area contributed by atoms with E-state index in [1.54, 1.807) is 23.5 Å². The molecule has 0 atom stereocenters. The Morgan fingerprint density at radius 3 is 2.89 bits per heavy atom. The van der Waals surface area contributed by atoms with Crippen molar-refractivity contribution in [3.8, 4) is 0 Å². The summed E-state index contributed by atoms with van der Waals surface area (Å²) < 4.78 is 13.5. The average molecular weight is 298 g/mol. The van der Waals surface area contributed by atoms with Crippen LogP contribution in [0.1, 0.15) is 34.3 Å². The van der Waals surface area contributed by atoms with Crippen molar-refractivity contribution in [3.05, 3.63) is 44.6 Å². The van der Waals surface area contributed by atoms with Crippen LogP contribution in [0.4, 0.5) is 4.39 Å². The van der Waals surface area contributed by atoms with Crippen molar-refractivity contribution in [2.45, 2.75) is 31.8 Å². The number of nitrogens with one attached hydrogen (secondary N) is 1. The van der Waals surface area contributed by atoms with Gasteiger partial charge < -0.3 is 5.32 Å². The van der Waals surface area contributed by atoms with Gasteiger partial charge in [-0.15, -0.1) is 10.2 Å². The Morgan fingerprint density at radius 1 is 1.32 bits per heavy atom. The van der Waals surface area contributed by atoms with Gasteiger partial charge in [0.25, 0.3) is 0 Å². The van der Waals surface area contributed by atoms with Gasteiger partial charge in [0.1, 0.15) is 15.8 Å². The molecule has 1 aliphatic carbocycles. The molecule has 19 heavy (non-hydrogen) atoms. The van der Waals surface area contributed by atoms with Crippen LogP contribution in [0.3, 0.4) is 0 Å². The molecule has 0 radical (unpaired) electrons. The van der Waals surface area contributed by atoms with Crippen LogP contribution in [-0.2, 0) is 13.1 Å². The highest BCUT2D eigenvalue weighted by Gasteiger charge is 2.27. The van der Waals surface area contributed by atoms with Gasteiger partial charge in [-0.2, -0.15) is 0 Å². The zero-order valence-electron chi connectivity index (χ0n) is 10.2. The molecular weight excluding hydrogens is 285 g/mol. The van der Waals surface area contributed by atoms with Gasteiger partial charge in [-0.25, -0.2) is 4.39 Å². The summed E-state index contributed by atoms with van der Waals surface area (Å²) in [7, 11) is 0. The van der Waals surface area contributed by atoms with Crippen LogP contribution in [0.15, 0.2) is 18.2 Å². The van der Waals surface area contributed by atoms with E-state index in [2.05, 4.69) is 15.5 Å². The smallest absolute Gasteiger partial charge is 0.131 e. The third-order valence-corrected chi connectivity index (χ3v) is 4.34. The molecule has 1 aromatic carbocycles. The maximum Gasteiger partial charge on any atom is 0.131 e. The van der Waals surface area contributed by atoms with Gasteiger partial charge >= 0.3 is 0 Å². The molecule has 1 aromatic heterocycles. The Hall–Kier alpha value is -1.04. The van der Waals surface area contributed by atoms with Crippen LogP contribution >= 0.6 is 22.9 Å². The summed E-state index contributed by atoms with van der Waals surface area (Å²) >= 11 is 7.35. The first kappa shape index (κ1) is 13.0. The fourth-order valence-corrected chi connectivity index (χ4v) is 2.94. The monoisotopic (exact) mass is 297 g/mol. The number of nitrogens with zero attached hydrogens (tertiary/aromatic N) is 2. The second kappa shape index (κ2) is 5.53. The molecule has 0 saturated heterocycles. The molecule has 1 aliphatic rings. The molecule has 3 nitrogen and oxygen atoms in total. The van der Waals surface area contributed by atoms with Gasteiger partial charge in [0, 0.05) is 29.6 Å². The van der Waals surface area contributed by atoms with Crippen LogP contribution in [0, 0.1) is 5.82 Å². The van der Waals surface area contributed by atoms with E-state index in [1.165, 1.54) is 18.9 Å². The summed E-state index contributed by atoms with van der Waals surface area (Å²) in [5, 5.41) is 14.0. The predicted octanol–water partition coefficient (Wildman–Crippen LogP) is 3.50. The van der Waals surface area contributed by atoms with E-state index in [9.17, 15) is 4.39 Å². The molecule has 1 heterocycles. The molecule has 0 aliphatic heterocycles. The highest BCUT2D eigenvalue weighted by Crippen LogP contribution is 2.41. The third kappa shape index (κ3) is 3.29. The van der Waals surface area contributed by atoms with E-state index in [0.29, 0.717) is 29.6 Å². The van der Waals surface area contributed by atoms with Crippen LogP contribution in [0.25, 0.3) is 0 Å². The Labute approximate surface area is 119 Å². The van der Waals surface area contributed by atoms with E-state index in [1.807, 2.05) is 0 Å². The van der Waals surface area contributed by atoms with Gasteiger partial charge in [0.05, 0.1) is 0 Å². The van der Waals surface area contributed by atoms with Crippen molar-refractivity contribution in [1.82, 2.24) is 15.5 Å². The lowest BCUT2D eigenvalue weighted by atomic mass is 10.2. The Balaban J connectivity index is 1.54. The Bertz CT molecular complexity index is 583. The summed E-state index contributed by atoms with van der Waals surface area (Å²) in [4.78, 5) is 0. The van der Waals surface area contributed by atoms with Gasteiger partial charge in [-0.1, -0.05) is 29.0 Å². The topological polar surface area (TPSA) is 37.8 Å². The predicted molar refractivity (Wildman–Crippen MR) is 73.8 cm³/mol. The minimum atomic E-state index is -0.282. The first-order chi connectivity index (χ1) is 9.22. The molecule has 1 saturated carbocycles. The highest BCUT2D eigenvalue weighted by atomic mass is 35.5. The molecule has 6 heteroatoms. The molecule has 3 rings (SSSR count). The van der Waals surface area contributed by atoms with Crippen molar-refractivity contribution in [3.63, 3.8) is 0 Å². The lowest BCUT2D eigenvalue weighted by Crippen LogP contribution is -2.13. The molecule has 0 bridgehead atoms. The first-order valence-electron chi connectivity index (χ1n) is 6.19. The quantitative estimate of drug-likeness (QED) is 0.918. The molecule has 2 aromatic rings. The molecule has 0 unspecified atom stereocenters. The Morgan fingerprint density at radius 2 is 2.16 bits per heavy atom. The van der Waals surface area contributed by atoms with Crippen molar-refractivity contribution in [2.24, 2.45) is 0 Å². The zero-order valence-corrected chi connectivity index (χ0v) is 11.8. The number of halogens is 2. The first-order valence-corrected chi connectivity index (χ1v) is 7.39. The fourth-order valence-electron chi connectivity index (χ4n) is 1.80. The highest BCUT2D eigenvalue weighted by molar-refractivity contribution is 7.11. The molecule has 0 amide bonds. The molecule has 1 fully saturated rings. The van der Waals surface area contributed by atoms with Crippen molar-refractivity contribution >= 4 is 22.9 Å². The van der Waals surface area contributed by atoms with Crippen LogP contribution in [-0.4, -0.2) is 10.2 Å². The van der Waals surface area contributed by atoms with E-state index >= 15 is 0 Å². The van der Waals surface area contributed by atoms with Gasteiger partial charge in [0.2, 0.25) is 0 Å². The summed E-state index contributed by atoms with van der Waals surface area (Å²) in [6, 6.07) is 4.72. The van der Waals surface area contributed by atoms with E-state index in [4.69, 9.17) is 11.6 Å². The van der Waals surface area contributed by atoms with Gasteiger partial charge in [-0.05, 0) is 25.0 Å². The summed E-state index contributed by atoms with van der Waals surface area (Å²) in [6.07, 6.45) is 2.47. The van der Waals surface area contributed by atoms with Gasteiger partial charge in [-0.3, -0.25) is 0 Å². The normalized spacial score (nSPS) is 14.8. The average Bonchev–Trinajstić information content (AvgIpc) is 3.13.